The number of urea groups is 1. The Morgan fingerprint density at radius 3 is 2.95 bits per heavy atom. The largest absolute Gasteiger partial charge is 0.479 e. The number of thioether (sulfide) groups is 1. The molecule has 1 heterocycles. The number of carbonyl (C=O) groups is 2. The number of hydrogen-bond acceptors (Lipinski definition) is 4. The summed E-state index contributed by atoms with van der Waals surface area (Å²) in [7, 11) is 0. The van der Waals surface area contributed by atoms with Crippen LogP contribution in [0.5, 0.6) is 0 Å². The van der Waals surface area contributed by atoms with E-state index in [1.807, 2.05) is 18.7 Å². The third-order valence-electron chi connectivity index (χ3n) is 2.90. The Morgan fingerprint density at radius 2 is 2.32 bits per heavy atom. The number of carboxylic acids is 1. The highest BCUT2D eigenvalue weighted by atomic mass is 32.2. The Hall–Kier alpha value is -0.950. The molecule has 0 aromatic heterocycles. The van der Waals surface area contributed by atoms with Crippen molar-refractivity contribution in [3.63, 3.8) is 0 Å². The second kappa shape index (κ2) is 8.27. The van der Waals surface area contributed by atoms with Gasteiger partial charge in [-0.15, -0.1) is 0 Å². The maximum atomic E-state index is 12.0. The average Bonchev–Trinajstić information content (AvgIpc) is 2.39. The van der Waals surface area contributed by atoms with E-state index in [0.717, 1.165) is 17.9 Å². The molecule has 6 nitrogen and oxygen atoms in total. The van der Waals surface area contributed by atoms with Crippen LogP contribution < -0.4 is 5.32 Å². The average molecular weight is 290 g/mol. The second-order valence-electron chi connectivity index (χ2n) is 4.48. The molecule has 0 saturated carbocycles. The number of amides is 2. The third-order valence-corrected chi connectivity index (χ3v) is 3.83. The van der Waals surface area contributed by atoms with E-state index in [0.29, 0.717) is 6.54 Å². The fourth-order valence-electron chi connectivity index (χ4n) is 1.76. The summed E-state index contributed by atoms with van der Waals surface area (Å²) in [5.41, 5.74) is 0. The quantitative estimate of drug-likeness (QED) is 0.714. The molecule has 0 aromatic rings. The molecule has 2 atom stereocenters. The summed E-state index contributed by atoms with van der Waals surface area (Å²) >= 11 is 1.84. The molecule has 19 heavy (non-hydrogen) atoms. The summed E-state index contributed by atoms with van der Waals surface area (Å²) in [6, 6.07) is -0.110. The van der Waals surface area contributed by atoms with Crippen molar-refractivity contribution in [2.24, 2.45) is 0 Å². The van der Waals surface area contributed by atoms with Gasteiger partial charge >= 0.3 is 12.0 Å². The molecule has 1 aliphatic rings. The highest BCUT2D eigenvalue weighted by molar-refractivity contribution is 7.99. The van der Waals surface area contributed by atoms with E-state index in [2.05, 4.69) is 12.2 Å². The minimum atomic E-state index is -1.02. The van der Waals surface area contributed by atoms with Crippen molar-refractivity contribution in [1.82, 2.24) is 10.2 Å². The molecule has 110 valence electrons. The van der Waals surface area contributed by atoms with Gasteiger partial charge in [0, 0.05) is 12.6 Å². The van der Waals surface area contributed by atoms with Gasteiger partial charge in [-0.3, -0.25) is 0 Å². The van der Waals surface area contributed by atoms with Crippen LogP contribution in [0.1, 0.15) is 20.3 Å². The lowest BCUT2D eigenvalue weighted by Gasteiger charge is -2.31. The first-order valence-corrected chi connectivity index (χ1v) is 7.67. The summed E-state index contributed by atoms with van der Waals surface area (Å²) < 4.78 is 5.08. The number of hydrogen-bond donors (Lipinski definition) is 2. The zero-order valence-corrected chi connectivity index (χ0v) is 12.2. The van der Waals surface area contributed by atoms with Crippen molar-refractivity contribution < 1.29 is 19.4 Å². The molecule has 0 spiro atoms. The lowest BCUT2D eigenvalue weighted by atomic mass is 10.2. The van der Waals surface area contributed by atoms with Crippen LogP contribution in [0.25, 0.3) is 0 Å². The molecule has 7 heteroatoms. The Labute approximate surface area is 117 Å². The van der Waals surface area contributed by atoms with Crippen molar-refractivity contribution in [2.75, 3.05) is 31.2 Å². The fourth-order valence-corrected chi connectivity index (χ4v) is 2.57. The number of carbonyl (C=O) groups excluding carboxylic acids is 1. The van der Waals surface area contributed by atoms with Crippen molar-refractivity contribution in [3.8, 4) is 0 Å². The summed E-state index contributed by atoms with van der Waals surface area (Å²) in [5, 5.41) is 11.8. The van der Waals surface area contributed by atoms with Crippen LogP contribution in [0.2, 0.25) is 0 Å². The molecule has 1 saturated heterocycles. The fraction of sp³-hybridized carbons (Fsp3) is 0.833. The lowest BCUT2D eigenvalue weighted by molar-refractivity contribution is -0.154. The standard InChI is InChI=1S/C12H22N2O4S/c1-3-19-7-4-9(2)13-12(17)14-5-6-18-10(8-14)11(15)16/h9-10H,3-8H2,1-2H3,(H,13,17)(H,15,16). The molecule has 2 unspecified atom stereocenters. The van der Waals surface area contributed by atoms with Gasteiger partial charge < -0.3 is 20.1 Å². The van der Waals surface area contributed by atoms with Crippen LogP contribution in [-0.4, -0.2) is 65.4 Å². The van der Waals surface area contributed by atoms with Crippen LogP contribution in [0, 0.1) is 0 Å². The molecule has 1 fully saturated rings. The number of rotatable bonds is 6. The molecule has 0 aliphatic carbocycles. The Balaban J connectivity index is 2.33. The van der Waals surface area contributed by atoms with E-state index in [1.54, 1.807) is 0 Å². The number of ether oxygens (including phenoxy) is 1. The summed E-state index contributed by atoms with van der Waals surface area (Å²) in [6.45, 7) is 4.88. The van der Waals surface area contributed by atoms with Gasteiger partial charge in [-0.25, -0.2) is 9.59 Å². The minimum absolute atomic E-state index is 0.0951. The number of nitrogens with zero attached hydrogens (tertiary/aromatic N) is 1. The van der Waals surface area contributed by atoms with E-state index >= 15 is 0 Å². The van der Waals surface area contributed by atoms with Gasteiger partial charge in [0.25, 0.3) is 0 Å². The second-order valence-corrected chi connectivity index (χ2v) is 5.87. The molecule has 1 rings (SSSR count). The highest BCUT2D eigenvalue weighted by Gasteiger charge is 2.29. The van der Waals surface area contributed by atoms with Crippen LogP contribution in [-0.2, 0) is 9.53 Å². The lowest BCUT2D eigenvalue weighted by Crippen LogP contribution is -2.53. The predicted octanol–water partition coefficient (Wildman–Crippen LogP) is 1.01. The maximum Gasteiger partial charge on any atom is 0.334 e. The van der Waals surface area contributed by atoms with Crippen LogP contribution in [0.3, 0.4) is 0 Å². The number of aliphatic carboxylic acids is 1. The van der Waals surface area contributed by atoms with Gasteiger partial charge in [0.2, 0.25) is 0 Å². The molecule has 2 amide bonds. The van der Waals surface area contributed by atoms with E-state index in [1.165, 1.54) is 4.90 Å². The van der Waals surface area contributed by atoms with E-state index in [-0.39, 0.29) is 25.2 Å². The zero-order chi connectivity index (χ0) is 14.3. The van der Waals surface area contributed by atoms with Gasteiger partial charge in [0.15, 0.2) is 6.10 Å². The number of carboxylic acid groups (broad SMARTS) is 1. The first-order chi connectivity index (χ1) is 9.04. The van der Waals surface area contributed by atoms with E-state index in [4.69, 9.17) is 9.84 Å². The first kappa shape index (κ1) is 16.1. The summed E-state index contributed by atoms with van der Waals surface area (Å²) in [4.78, 5) is 24.3. The van der Waals surface area contributed by atoms with Gasteiger partial charge in [0.1, 0.15) is 0 Å². The predicted molar refractivity (Wildman–Crippen MR) is 74.6 cm³/mol. The summed E-state index contributed by atoms with van der Waals surface area (Å²) in [5.74, 6) is 1.06. The summed E-state index contributed by atoms with van der Waals surface area (Å²) in [6.07, 6.45) is 0.00202. The molecule has 2 N–H and O–H groups in total. The van der Waals surface area contributed by atoms with Gasteiger partial charge in [-0.05, 0) is 24.9 Å². The van der Waals surface area contributed by atoms with Crippen molar-refractivity contribution in [1.29, 1.82) is 0 Å². The van der Waals surface area contributed by atoms with Crippen molar-refractivity contribution >= 4 is 23.8 Å². The van der Waals surface area contributed by atoms with Crippen molar-refractivity contribution in [3.05, 3.63) is 0 Å². The Morgan fingerprint density at radius 1 is 1.58 bits per heavy atom. The van der Waals surface area contributed by atoms with E-state index in [9.17, 15) is 9.59 Å². The third kappa shape index (κ3) is 5.69. The zero-order valence-electron chi connectivity index (χ0n) is 11.4. The van der Waals surface area contributed by atoms with Crippen molar-refractivity contribution in [2.45, 2.75) is 32.4 Å². The smallest absolute Gasteiger partial charge is 0.334 e. The van der Waals surface area contributed by atoms with Crippen LogP contribution in [0.4, 0.5) is 4.79 Å². The molecule has 0 aromatic carbocycles. The molecule has 0 bridgehead atoms. The first-order valence-electron chi connectivity index (χ1n) is 6.52. The van der Waals surface area contributed by atoms with Crippen LogP contribution >= 0.6 is 11.8 Å². The SMILES string of the molecule is CCSCCC(C)NC(=O)N1CCOC(C(=O)O)C1. The number of morpholine rings is 1. The Kier molecular flexibility index (Phi) is 7.01. The molecular weight excluding hydrogens is 268 g/mol. The number of nitrogens with one attached hydrogen (secondary N) is 1. The maximum absolute atomic E-state index is 12.0. The molecular formula is C12H22N2O4S. The minimum Gasteiger partial charge on any atom is -0.479 e. The highest BCUT2D eigenvalue weighted by Crippen LogP contribution is 2.07. The van der Waals surface area contributed by atoms with Crippen LogP contribution in [0.15, 0.2) is 0 Å². The normalized spacial score (nSPS) is 20.9. The van der Waals surface area contributed by atoms with Gasteiger partial charge in [0.05, 0.1) is 13.2 Å². The van der Waals surface area contributed by atoms with Gasteiger partial charge in [-0.2, -0.15) is 11.8 Å². The topological polar surface area (TPSA) is 78.9 Å². The van der Waals surface area contributed by atoms with E-state index < -0.39 is 12.1 Å². The van der Waals surface area contributed by atoms with Gasteiger partial charge in [-0.1, -0.05) is 6.92 Å². The molecule has 0 radical (unpaired) electrons. The Bertz CT molecular complexity index is 314. The molecule has 1 aliphatic heterocycles. The monoisotopic (exact) mass is 290 g/mol.